The predicted molar refractivity (Wildman–Crippen MR) is 116 cm³/mol. The zero-order valence-corrected chi connectivity index (χ0v) is 17.5. The quantitative estimate of drug-likeness (QED) is 0.484. The highest BCUT2D eigenvalue weighted by Gasteiger charge is 2.11. The first kappa shape index (κ1) is 21.0. The van der Waals surface area contributed by atoms with Gasteiger partial charge in [-0.25, -0.2) is 0 Å². The van der Waals surface area contributed by atoms with E-state index >= 15 is 0 Å². The lowest BCUT2D eigenvalue weighted by molar-refractivity contribution is 0.0950. The molecule has 0 aliphatic heterocycles. The SMILES string of the molecule is CCOc1ccc(C(=O)NCc2ccc(Cl)cc2)cc1COc1ccc(Cl)cc1. The molecule has 3 rings (SSSR count). The van der Waals surface area contributed by atoms with Crippen molar-refractivity contribution in [3.05, 3.63) is 93.5 Å². The summed E-state index contributed by atoms with van der Waals surface area (Å²) in [5.74, 6) is 1.21. The maximum atomic E-state index is 12.6. The first-order valence-electron chi connectivity index (χ1n) is 9.22. The Labute approximate surface area is 180 Å². The molecule has 3 aromatic rings. The smallest absolute Gasteiger partial charge is 0.251 e. The number of rotatable bonds is 8. The van der Waals surface area contributed by atoms with Crippen LogP contribution in [-0.2, 0) is 13.2 Å². The second kappa shape index (κ2) is 10.2. The van der Waals surface area contributed by atoms with E-state index in [-0.39, 0.29) is 12.5 Å². The summed E-state index contributed by atoms with van der Waals surface area (Å²) in [7, 11) is 0. The van der Waals surface area contributed by atoms with E-state index in [0.29, 0.717) is 40.3 Å². The zero-order valence-electron chi connectivity index (χ0n) is 16.0. The van der Waals surface area contributed by atoms with Crippen molar-refractivity contribution in [2.24, 2.45) is 0 Å². The topological polar surface area (TPSA) is 47.6 Å². The molecule has 3 aromatic carbocycles. The summed E-state index contributed by atoms with van der Waals surface area (Å²) in [5, 5.41) is 4.22. The lowest BCUT2D eigenvalue weighted by atomic mass is 10.1. The molecule has 150 valence electrons. The molecule has 4 nitrogen and oxygen atoms in total. The Balaban J connectivity index is 1.69. The third-order valence-corrected chi connectivity index (χ3v) is 4.70. The first-order valence-corrected chi connectivity index (χ1v) is 9.97. The van der Waals surface area contributed by atoms with Gasteiger partial charge >= 0.3 is 0 Å². The average molecular weight is 430 g/mol. The molecule has 0 bridgehead atoms. The van der Waals surface area contributed by atoms with Gasteiger partial charge in [0.05, 0.1) is 6.61 Å². The molecule has 0 radical (unpaired) electrons. The van der Waals surface area contributed by atoms with Crippen LogP contribution in [0.5, 0.6) is 11.5 Å². The van der Waals surface area contributed by atoms with Crippen LogP contribution in [0, 0.1) is 0 Å². The molecule has 0 aliphatic rings. The Kier molecular flexibility index (Phi) is 7.39. The van der Waals surface area contributed by atoms with Crippen molar-refractivity contribution in [3.63, 3.8) is 0 Å². The van der Waals surface area contributed by atoms with Crippen LogP contribution in [0.4, 0.5) is 0 Å². The maximum Gasteiger partial charge on any atom is 0.251 e. The standard InChI is InChI=1S/C23H21Cl2NO3/c1-2-28-22-12-5-17(23(27)26-14-16-3-6-19(24)7-4-16)13-18(22)15-29-21-10-8-20(25)9-11-21/h3-13H,2,14-15H2,1H3,(H,26,27). The van der Waals surface area contributed by atoms with Gasteiger partial charge in [0.25, 0.3) is 5.91 Å². The third kappa shape index (κ3) is 6.14. The molecule has 0 spiro atoms. The Bertz CT molecular complexity index is 957. The van der Waals surface area contributed by atoms with Crippen LogP contribution < -0.4 is 14.8 Å². The molecule has 0 saturated carbocycles. The fraction of sp³-hybridized carbons (Fsp3) is 0.174. The van der Waals surface area contributed by atoms with Gasteiger partial charge in [0.1, 0.15) is 18.1 Å². The zero-order chi connectivity index (χ0) is 20.6. The molecular formula is C23H21Cl2NO3. The number of hydrogen-bond donors (Lipinski definition) is 1. The van der Waals surface area contributed by atoms with Gasteiger partial charge in [-0.15, -0.1) is 0 Å². The highest BCUT2D eigenvalue weighted by atomic mass is 35.5. The highest BCUT2D eigenvalue weighted by molar-refractivity contribution is 6.30. The number of halogens is 2. The lowest BCUT2D eigenvalue weighted by Gasteiger charge is -2.13. The van der Waals surface area contributed by atoms with Gasteiger partial charge in [0.2, 0.25) is 0 Å². The summed E-state index contributed by atoms with van der Waals surface area (Å²) in [5.41, 5.74) is 2.30. The monoisotopic (exact) mass is 429 g/mol. The van der Waals surface area contributed by atoms with Crippen molar-refractivity contribution < 1.29 is 14.3 Å². The van der Waals surface area contributed by atoms with Crippen molar-refractivity contribution in [2.45, 2.75) is 20.1 Å². The second-order valence-electron chi connectivity index (χ2n) is 6.31. The van der Waals surface area contributed by atoms with Gasteiger partial charge in [-0.1, -0.05) is 35.3 Å². The fourth-order valence-corrected chi connectivity index (χ4v) is 2.96. The normalized spacial score (nSPS) is 10.4. The van der Waals surface area contributed by atoms with E-state index in [1.165, 1.54) is 0 Å². The summed E-state index contributed by atoms with van der Waals surface area (Å²) in [6, 6.07) is 19.8. The van der Waals surface area contributed by atoms with Gasteiger partial charge in [0, 0.05) is 27.7 Å². The summed E-state index contributed by atoms with van der Waals surface area (Å²) >= 11 is 11.8. The van der Waals surface area contributed by atoms with Gasteiger partial charge in [-0.05, 0) is 67.1 Å². The lowest BCUT2D eigenvalue weighted by Crippen LogP contribution is -2.23. The fourth-order valence-electron chi connectivity index (χ4n) is 2.71. The minimum Gasteiger partial charge on any atom is -0.493 e. The van der Waals surface area contributed by atoms with Crippen molar-refractivity contribution in [1.82, 2.24) is 5.32 Å². The average Bonchev–Trinajstić information content (AvgIpc) is 2.73. The summed E-state index contributed by atoms with van der Waals surface area (Å²) < 4.78 is 11.5. The van der Waals surface area contributed by atoms with Crippen LogP contribution in [0.15, 0.2) is 66.7 Å². The van der Waals surface area contributed by atoms with Crippen molar-refractivity contribution in [2.75, 3.05) is 6.61 Å². The van der Waals surface area contributed by atoms with E-state index in [1.54, 1.807) is 54.6 Å². The molecule has 0 unspecified atom stereocenters. The molecule has 6 heteroatoms. The Morgan fingerprint density at radius 3 is 2.21 bits per heavy atom. The number of carbonyl (C=O) groups excluding carboxylic acids is 1. The van der Waals surface area contributed by atoms with Crippen molar-refractivity contribution >= 4 is 29.1 Å². The second-order valence-corrected chi connectivity index (χ2v) is 7.18. The van der Waals surface area contributed by atoms with Gasteiger partial charge in [0.15, 0.2) is 0 Å². The van der Waals surface area contributed by atoms with Crippen molar-refractivity contribution in [1.29, 1.82) is 0 Å². The number of benzene rings is 3. The highest BCUT2D eigenvalue weighted by Crippen LogP contribution is 2.24. The van der Waals surface area contributed by atoms with Crippen LogP contribution >= 0.6 is 23.2 Å². The number of amides is 1. The third-order valence-electron chi connectivity index (χ3n) is 4.20. The summed E-state index contributed by atoms with van der Waals surface area (Å²) in [4.78, 5) is 12.6. The van der Waals surface area contributed by atoms with Crippen LogP contribution in [0.1, 0.15) is 28.4 Å². The number of carbonyl (C=O) groups is 1. The number of ether oxygens (including phenoxy) is 2. The molecule has 0 atom stereocenters. The Hall–Kier alpha value is -2.69. The predicted octanol–water partition coefficient (Wildman–Crippen LogP) is 5.90. The van der Waals surface area contributed by atoms with Gasteiger partial charge < -0.3 is 14.8 Å². The molecule has 1 N–H and O–H groups in total. The molecule has 0 fully saturated rings. The van der Waals surface area contributed by atoms with Crippen molar-refractivity contribution in [3.8, 4) is 11.5 Å². The Morgan fingerprint density at radius 1 is 0.897 bits per heavy atom. The summed E-state index contributed by atoms with van der Waals surface area (Å²) in [6.07, 6.45) is 0. The van der Waals surface area contributed by atoms with E-state index in [1.807, 2.05) is 19.1 Å². The van der Waals surface area contributed by atoms with Crippen LogP contribution in [0.2, 0.25) is 10.0 Å². The Morgan fingerprint density at radius 2 is 1.55 bits per heavy atom. The molecule has 0 aliphatic carbocycles. The first-order chi connectivity index (χ1) is 14.0. The molecule has 0 heterocycles. The largest absolute Gasteiger partial charge is 0.493 e. The number of hydrogen-bond acceptors (Lipinski definition) is 3. The minimum absolute atomic E-state index is 0.171. The van der Waals surface area contributed by atoms with E-state index in [0.717, 1.165) is 11.1 Å². The van der Waals surface area contributed by atoms with E-state index < -0.39 is 0 Å². The van der Waals surface area contributed by atoms with E-state index in [4.69, 9.17) is 32.7 Å². The number of nitrogens with one attached hydrogen (secondary N) is 1. The van der Waals surface area contributed by atoms with Crippen LogP contribution in [0.25, 0.3) is 0 Å². The van der Waals surface area contributed by atoms with Gasteiger partial charge in [-0.3, -0.25) is 4.79 Å². The van der Waals surface area contributed by atoms with E-state index in [9.17, 15) is 4.79 Å². The summed E-state index contributed by atoms with van der Waals surface area (Å²) in [6.45, 7) is 3.13. The molecule has 0 saturated heterocycles. The molecule has 1 amide bonds. The minimum atomic E-state index is -0.171. The maximum absolute atomic E-state index is 12.6. The molecule has 0 aromatic heterocycles. The van der Waals surface area contributed by atoms with Crippen LogP contribution in [-0.4, -0.2) is 12.5 Å². The van der Waals surface area contributed by atoms with E-state index in [2.05, 4.69) is 5.32 Å². The van der Waals surface area contributed by atoms with Gasteiger partial charge in [-0.2, -0.15) is 0 Å². The van der Waals surface area contributed by atoms with Crippen LogP contribution in [0.3, 0.4) is 0 Å². The molecule has 29 heavy (non-hydrogen) atoms. The molecular weight excluding hydrogens is 409 g/mol.